The predicted octanol–water partition coefficient (Wildman–Crippen LogP) is 4.13. The number of nitrogens with one attached hydrogen (secondary N) is 3. The molecule has 3 aromatic rings. The summed E-state index contributed by atoms with van der Waals surface area (Å²) < 4.78 is 23.8. The molecule has 3 N–H and O–H groups in total. The Bertz CT molecular complexity index is 1080. The predicted molar refractivity (Wildman–Crippen MR) is 113 cm³/mol. The van der Waals surface area contributed by atoms with Gasteiger partial charge in [0.05, 0.1) is 37.4 Å². The van der Waals surface area contributed by atoms with E-state index in [0.717, 1.165) is 0 Å². The molecule has 2 aromatic carbocycles. The molecule has 0 fully saturated rings. The van der Waals surface area contributed by atoms with Crippen molar-refractivity contribution in [1.82, 2.24) is 15.3 Å². The average Bonchev–Trinajstić information content (AvgIpc) is 2.76. The number of benzene rings is 2. The lowest BCUT2D eigenvalue weighted by Crippen LogP contribution is -2.19. The standard InChI is InChI=1S/C20H19ClFN5O3/c1-23-19(28)13-9-12(29-2)5-7-15(13)25-18-14(21)10-24-20(27-18)26-16-6-4-11(22)8-17(16)30-3/h4-10H,1-3H3,(H,23,28)(H2,24,25,26,27). The number of hydrogen-bond acceptors (Lipinski definition) is 7. The Labute approximate surface area is 177 Å². The minimum atomic E-state index is -0.432. The largest absolute Gasteiger partial charge is 0.497 e. The highest BCUT2D eigenvalue weighted by Crippen LogP contribution is 2.31. The highest BCUT2D eigenvalue weighted by molar-refractivity contribution is 6.33. The van der Waals surface area contributed by atoms with Gasteiger partial charge in [-0.3, -0.25) is 4.79 Å². The molecule has 0 aliphatic carbocycles. The number of carbonyl (C=O) groups excluding carboxylic acids is 1. The number of nitrogens with zero attached hydrogens (tertiary/aromatic N) is 2. The van der Waals surface area contributed by atoms with E-state index in [9.17, 15) is 9.18 Å². The minimum Gasteiger partial charge on any atom is -0.497 e. The maximum Gasteiger partial charge on any atom is 0.253 e. The molecule has 156 valence electrons. The number of methoxy groups -OCH3 is 2. The van der Waals surface area contributed by atoms with Gasteiger partial charge in [-0.1, -0.05) is 11.6 Å². The van der Waals surface area contributed by atoms with E-state index in [1.54, 1.807) is 18.2 Å². The van der Waals surface area contributed by atoms with Gasteiger partial charge in [0.2, 0.25) is 5.95 Å². The van der Waals surface area contributed by atoms with Gasteiger partial charge in [-0.2, -0.15) is 4.98 Å². The maximum atomic E-state index is 13.4. The summed E-state index contributed by atoms with van der Waals surface area (Å²) >= 11 is 6.24. The summed E-state index contributed by atoms with van der Waals surface area (Å²) in [5.74, 6) is 0.542. The van der Waals surface area contributed by atoms with E-state index in [-0.39, 0.29) is 22.7 Å². The van der Waals surface area contributed by atoms with Crippen molar-refractivity contribution >= 4 is 40.6 Å². The van der Waals surface area contributed by atoms with Crippen LogP contribution in [0.25, 0.3) is 0 Å². The van der Waals surface area contributed by atoms with Crippen LogP contribution in [0.15, 0.2) is 42.6 Å². The first-order chi connectivity index (χ1) is 14.4. The van der Waals surface area contributed by atoms with Crippen LogP contribution in [0.3, 0.4) is 0 Å². The van der Waals surface area contributed by atoms with Crippen molar-refractivity contribution in [3.8, 4) is 11.5 Å². The highest BCUT2D eigenvalue weighted by Gasteiger charge is 2.15. The molecule has 0 radical (unpaired) electrons. The molecule has 3 rings (SSSR count). The Balaban J connectivity index is 1.93. The zero-order valence-corrected chi connectivity index (χ0v) is 17.2. The molecule has 0 unspecified atom stereocenters. The van der Waals surface area contributed by atoms with Crippen molar-refractivity contribution in [3.63, 3.8) is 0 Å². The van der Waals surface area contributed by atoms with E-state index < -0.39 is 5.82 Å². The second-order valence-corrected chi connectivity index (χ2v) is 6.38. The lowest BCUT2D eigenvalue weighted by molar-refractivity contribution is 0.0963. The topological polar surface area (TPSA) is 97.4 Å². The molecule has 0 atom stereocenters. The van der Waals surface area contributed by atoms with Gasteiger partial charge in [0.1, 0.15) is 22.3 Å². The number of anilines is 4. The molecule has 1 heterocycles. The van der Waals surface area contributed by atoms with Gasteiger partial charge >= 0.3 is 0 Å². The Morgan fingerprint density at radius 1 is 1.07 bits per heavy atom. The van der Waals surface area contributed by atoms with Crippen LogP contribution < -0.4 is 25.4 Å². The van der Waals surface area contributed by atoms with Gasteiger partial charge < -0.3 is 25.4 Å². The molecule has 0 saturated carbocycles. The summed E-state index contributed by atoms with van der Waals surface area (Å²) in [5.41, 5.74) is 1.30. The van der Waals surface area contributed by atoms with Crippen LogP contribution in [0.2, 0.25) is 5.02 Å². The summed E-state index contributed by atoms with van der Waals surface area (Å²) in [6.07, 6.45) is 1.40. The lowest BCUT2D eigenvalue weighted by atomic mass is 10.1. The Morgan fingerprint density at radius 2 is 1.83 bits per heavy atom. The van der Waals surface area contributed by atoms with Gasteiger partial charge in [0, 0.05) is 13.1 Å². The normalized spacial score (nSPS) is 10.3. The summed E-state index contributed by atoms with van der Waals surface area (Å²) in [6.45, 7) is 0. The van der Waals surface area contributed by atoms with Crippen molar-refractivity contribution in [2.75, 3.05) is 31.9 Å². The van der Waals surface area contributed by atoms with Crippen LogP contribution >= 0.6 is 11.6 Å². The molecular weight excluding hydrogens is 413 g/mol. The van der Waals surface area contributed by atoms with Crippen LogP contribution in [-0.4, -0.2) is 37.1 Å². The number of carbonyl (C=O) groups is 1. The molecule has 30 heavy (non-hydrogen) atoms. The van der Waals surface area contributed by atoms with Gasteiger partial charge in [0.25, 0.3) is 5.91 Å². The number of rotatable bonds is 7. The first kappa shape index (κ1) is 21.1. The maximum absolute atomic E-state index is 13.4. The fourth-order valence-electron chi connectivity index (χ4n) is 2.61. The SMILES string of the molecule is CNC(=O)c1cc(OC)ccc1Nc1nc(Nc2ccc(F)cc2OC)ncc1Cl. The fraction of sp³-hybridized carbons (Fsp3) is 0.150. The van der Waals surface area contributed by atoms with E-state index >= 15 is 0 Å². The summed E-state index contributed by atoms with van der Waals surface area (Å²) in [5, 5.41) is 8.82. The molecule has 1 aromatic heterocycles. The number of amides is 1. The van der Waals surface area contributed by atoms with Crippen LogP contribution in [-0.2, 0) is 0 Å². The summed E-state index contributed by atoms with van der Waals surface area (Å²) in [7, 11) is 4.47. The molecule has 0 bridgehead atoms. The number of halogens is 2. The third kappa shape index (κ3) is 4.69. The van der Waals surface area contributed by atoms with Crippen molar-refractivity contribution in [2.24, 2.45) is 0 Å². The first-order valence-electron chi connectivity index (χ1n) is 8.75. The van der Waals surface area contributed by atoms with Crippen molar-refractivity contribution in [3.05, 3.63) is 59.0 Å². The third-order valence-electron chi connectivity index (χ3n) is 4.11. The number of hydrogen-bond donors (Lipinski definition) is 3. The first-order valence-corrected chi connectivity index (χ1v) is 9.13. The molecule has 0 saturated heterocycles. The van der Waals surface area contributed by atoms with Gasteiger partial charge in [-0.05, 0) is 30.3 Å². The molecule has 0 aliphatic rings. The van der Waals surface area contributed by atoms with E-state index in [1.165, 1.54) is 45.7 Å². The average molecular weight is 432 g/mol. The van der Waals surface area contributed by atoms with Gasteiger partial charge in [0.15, 0.2) is 5.82 Å². The van der Waals surface area contributed by atoms with Crippen LogP contribution in [0.1, 0.15) is 10.4 Å². The van der Waals surface area contributed by atoms with Gasteiger partial charge in [-0.25, -0.2) is 9.37 Å². The highest BCUT2D eigenvalue weighted by atomic mass is 35.5. The van der Waals surface area contributed by atoms with E-state index in [0.29, 0.717) is 28.4 Å². The lowest BCUT2D eigenvalue weighted by Gasteiger charge is -2.14. The number of aromatic nitrogens is 2. The summed E-state index contributed by atoms with van der Waals surface area (Å²) in [6, 6.07) is 9.01. The van der Waals surface area contributed by atoms with E-state index in [2.05, 4.69) is 25.9 Å². The fourth-order valence-corrected chi connectivity index (χ4v) is 2.75. The monoisotopic (exact) mass is 431 g/mol. The zero-order chi connectivity index (χ0) is 21.7. The van der Waals surface area contributed by atoms with Gasteiger partial charge in [-0.15, -0.1) is 0 Å². The smallest absolute Gasteiger partial charge is 0.253 e. The second-order valence-electron chi connectivity index (χ2n) is 5.98. The zero-order valence-electron chi connectivity index (χ0n) is 16.4. The quantitative estimate of drug-likeness (QED) is 0.517. The van der Waals surface area contributed by atoms with Crippen LogP contribution in [0.5, 0.6) is 11.5 Å². The van der Waals surface area contributed by atoms with Crippen molar-refractivity contribution in [2.45, 2.75) is 0 Å². The van der Waals surface area contributed by atoms with Crippen molar-refractivity contribution < 1.29 is 18.7 Å². The molecule has 8 nitrogen and oxygen atoms in total. The molecule has 1 amide bonds. The molecule has 0 aliphatic heterocycles. The second kappa shape index (κ2) is 9.27. The van der Waals surface area contributed by atoms with E-state index in [4.69, 9.17) is 21.1 Å². The Morgan fingerprint density at radius 3 is 2.53 bits per heavy atom. The molecule has 0 spiro atoms. The minimum absolute atomic E-state index is 0.196. The Hall–Kier alpha value is -3.59. The number of ether oxygens (including phenoxy) is 2. The van der Waals surface area contributed by atoms with Crippen LogP contribution in [0.4, 0.5) is 27.5 Å². The molecule has 10 heteroatoms. The van der Waals surface area contributed by atoms with Crippen molar-refractivity contribution in [1.29, 1.82) is 0 Å². The molecular formula is C20H19ClFN5O3. The van der Waals surface area contributed by atoms with E-state index in [1.807, 2.05) is 0 Å². The third-order valence-corrected chi connectivity index (χ3v) is 4.38. The Kier molecular flexibility index (Phi) is 6.53. The summed E-state index contributed by atoms with van der Waals surface area (Å²) in [4.78, 5) is 20.7. The van der Waals surface area contributed by atoms with Crippen LogP contribution in [0, 0.1) is 5.82 Å².